The Balaban J connectivity index is 1.50. The number of hydrogen-bond donors (Lipinski definition) is 2. The third kappa shape index (κ3) is 5.28. The van der Waals surface area contributed by atoms with Crippen molar-refractivity contribution in [3.05, 3.63) is 58.3 Å². The Morgan fingerprint density at radius 3 is 2.58 bits per heavy atom. The SMILES string of the molecule is O=C(/C=C/c1cccs1)Nc1ccc(CC(=O)N2CCC(O)CC2)cc1. The molecule has 0 saturated carbocycles. The summed E-state index contributed by atoms with van der Waals surface area (Å²) in [6, 6.07) is 11.2. The first-order valence-electron chi connectivity index (χ1n) is 8.67. The summed E-state index contributed by atoms with van der Waals surface area (Å²) in [5.74, 6) is -0.110. The number of carbonyl (C=O) groups is 2. The van der Waals surface area contributed by atoms with Gasteiger partial charge in [0.15, 0.2) is 0 Å². The van der Waals surface area contributed by atoms with Crippen molar-refractivity contribution in [3.63, 3.8) is 0 Å². The minimum absolute atomic E-state index is 0.0765. The number of likely N-dealkylation sites (tertiary alicyclic amines) is 1. The van der Waals surface area contributed by atoms with Crippen molar-refractivity contribution in [1.82, 2.24) is 4.90 Å². The molecule has 26 heavy (non-hydrogen) atoms. The molecule has 2 aromatic rings. The van der Waals surface area contributed by atoms with Crippen molar-refractivity contribution in [2.45, 2.75) is 25.4 Å². The number of piperidine rings is 1. The fourth-order valence-electron chi connectivity index (χ4n) is 2.84. The second kappa shape index (κ2) is 8.78. The van der Waals surface area contributed by atoms with E-state index >= 15 is 0 Å². The fraction of sp³-hybridized carbons (Fsp3) is 0.300. The predicted molar refractivity (Wildman–Crippen MR) is 104 cm³/mol. The number of hydrogen-bond acceptors (Lipinski definition) is 4. The molecule has 0 spiro atoms. The molecule has 0 atom stereocenters. The van der Waals surface area contributed by atoms with Gasteiger partial charge >= 0.3 is 0 Å². The molecule has 0 unspecified atom stereocenters. The lowest BCUT2D eigenvalue weighted by molar-refractivity contribution is -0.132. The molecule has 136 valence electrons. The van der Waals surface area contributed by atoms with Crippen LogP contribution in [0.2, 0.25) is 0 Å². The van der Waals surface area contributed by atoms with Crippen LogP contribution in [0.1, 0.15) is 23.3 Å². The minimum atomic E-state index is -0.282. The Kier molecular flexibility index (Phi) is 6.20. The summed E-state index contributed by atoms with van der Waals surface area (Å²) in [5, 5.41) is 14.3. The van der Waals surface area contributed by atoms with E-state index in [1.54, 1.807) is 34.4 Å². The third-order valence-corrected chi connectivity index (χ3v) is 5.17. The average molecular weight is 370 g/mol. The van der Waals surface area contributed by atoms with Crippen LogP contribution in [0, 0.1) is 0 Å². The zero-order chi connectivity index (χ0) is 18.4. The summed E-state index contributed by atoms with van der Waals surface area (Å²) in [4.78, 5) is 27.1. The molecule has 5 nitrogen and oxygen atoms in total. The highest BCUT2D eigenvalue weighted by molar-refractivity contribution is 7.10. The number of thiophene rings is 1. The topological polar surface area (TPSA) is 69.6 Å². The van der Waals surface area contributed by atoms with Crippen LogP contribution >= 0.6 is 11.3 Å². The van der Waals surface area contributed by atoms with E-state index in [4.69, 9.17) is 0 Å². The van der Waals surface area contributed by atoms with E-state index in [0.717, 1.165) is 10.4 Å². The van der Waals surface area contributed by atoms with E-state index in [-0.39, 0.29) is 17.9 Å². The summed E-state index contributed by atoms with van der Waals surface area (Å²) in [6.07, 6.45) is 4.64. The Morgan fingerprint density at radius 2 is 1.92 bits per heavy atom. The average Bonchev–Trinajstić information content (AvgIpc) is 3.16. The lowest BCUT2D eigenvalue weighted by atomic mass is 10.1. The van der Waals surface area contributed by atoms with Crippen LogP contribution in [-0.2, 0) is 16.0 Å². The normalized spacial score (nSPS) is 15.3. The first kappa shape index (κ1) is 18.4. The largest absolute Gasteiger partial charge is 0.393 e. The second-order valence-electron chi connectivity index (χ2n) is 6.32. The minimum Gasteiger partial charge on any atom is -0.393 e. The van der Waals surface area contributed by atoms with Crippen LogP contribution in [0.4, 0.5) is 5.69 Å². The highest BCUT2D eigenvalue weighted by atomic mass is 32.1. The molecule has 1 fully saturated rings. The lowest BCUT2D eigenvalue weighted by Crippen LogP contribution is -2.40. The molecule has 1 aliphatic heterocycles. The van der Waals surface area contributed by atoms with Crippen LogP contribution in [0.25, 0.3) is 6.08 Å². The van der Waals surface area contributed by atoms with Crippen molar-refractivity contribution in [2.24, 2.45) is 0 Å². The fourth-order valence-corrected chi connectivity index (χ4v) is 3.45. The number of aliphatic hydroxyl groups excluding tert-OH is 1. The van der Waals surface area contributed by atoms with Crippen LogP contribution in [0.15, 0.2) is 47.9 Å². The first-order valence-corrected chi connectivity index (χ1v) is 9.55. The molecular formula is C20H22N2O3S. The van der Waals surface area contributed by atoms with E-state index in [9.17, 15) is 14.7 Å². The zero-order valence-electron chi connectivity index (χ0n) is 14.4. The highest BCUT2D eigenvalue weighted by Crippen LogP contribution is 2.15. The van der Waals surface area contributed by atoms with Gasteiger partial charge in [0, 0.05) is 29.7 Å². The smallest absolute Gasteiger partial charge is 0.248 e. The van der Waals surface area contributed by atoms with Crippen LogP contribution in [0.5, 0.6) is 0 Å². The molecule has 0 radical (unpaired) electrons. The quantitative estimate of drug-likeness (QED) is 0.795. The van der Waals surface area contributed by atoms with E-state index in [1.165, 1.54) is 6.08 Å². The maximum Gasteiger partial charge on any atom is 0.248 e. The number of amides is 2. The van der Waals surface area contributed by atoms with Gasteiger partial charge in [0.2, 0.25) is 11.8 Å². The molecule has 1 aromatic heterocycles. The Morgan fingerprint density at radius 1 is 1.19 bits per heavy atom. The molecule has 2 N–H and O–H groups in total. The maximum atomic E-state index is 12.3. The number of nitrogens with one attached hydrogen (secondary N) is 1. The van der Waals surface area contributed by atoms with Crippen molar-refractivity contribution >= 4 is 34.9 Å². The van der Waals surface area contributed by atoms with Gasteiger partial charge in [-0.05, 0) is 48.1 Å². The van der Waals surface area contributed by atoms with Crippen molar-refractivity contribution in [2.75, 3.05) is 18.4 Å². The van der Waals surface area contributed by atoms with Crippen molar-refractivity contribution in [3.8, 4) is 0 Å². The van der Waals surface area contributed by atoms with Gasteiger partial charge in [0.25, 0.3) is 0 Å². The molecule has 0 aliphatic carbocycles. The van der Waals surface area contributed by atoms with Crippen LogP contribution in [-0.4, -0.2) is 41.0 Å². The van der Waals surface area contributed by atoms with Gasteiger partial charge in [0.1, 0.15) is 0 Å². The lowest BCUT2D eigenvalue weighted by Gasteiger charge is -2.29. The molecule has 0 bridgehead atoms. The molecule has 3 rings (SSSR count). The number of rotatable bonds is 5. The third-order valence-electron chi connectivity index (χ3n) is 4.34. The number of nitrogens with zero attached hydrogens (tertiary/aromatic N) is 1. The second-order valence-corrected chi connectivity index (χ2v) is 7.30. The van der Waals surface area contributed by atoms with Gasteiger partial charge < -0.3 is 15.3 Å². The molecule has 1 aromatic carbocycles. The Hall–Kier alpha value is -2.44. The molecule has 1 saturated heterocycles. The Bertz CT molecular complexity index is 761. The van der Waals surface area contributed by atoms with Gasteiger partial charge in [0.05, 0.1) is 12.5 Å². The van der Waals surface area contributed by atoms with E-state index in [1.807, 2.05) is 29.6 Å². The first-order chi connectivity index (χ1) is 12.6. The van der Waals surface area contributed by atoms with E-state index < -0.39 is 0 Å². The molecule has 2 amide bonds. The molecule has 2 heterocycles. The standard InChI is InChI=1S/C20H22N2O3S/c23-17-9-11-22(12-10-17)20(25)14-15-3-5-16(6-4-15)21-19(24)8-7-18-2-1-13-26-18/h1-8,13,17,23H,9-12,14H2,(H,21,24)/b8-7+. The molecule has 6 heteroatoms. The monoisotopic (exact) mass is 370 g/mol. The van der Waals surface area contributed by atoms with Crippen molar-refractivity contribution in [1.29, 1.82) is 0 Å². The maximum absolute atomic E-state index is 12.3. The summed E-state index contributed by atoms with van der Waals surface area (Å²) in [5.41, 5.74) is 1.61. The van der Waals surface area contributed by atoms with E-state index in [2.05, 4.69) is 5.32 Å². The number of anilines is 1. The summed E-state index contributed by atoms with van der Waals surface area (Å²) in [7, 11) is 0. The van der Waals surface area contributed by atoms with Gasteiger partial charge in [-0.1, -0.05) is 18.2 Å². The summed E-state index contributed by atoms with van der Waals surface area (Å²) in [6.45, 7) is 1.23. The molecule has 1 aliphatic rings. The highest BCUT2D eigenvalue weighted by Gasteiger charge is 2.21. The zero-order valence-corrected chi connectivity index (χ0v) is 15.2. The van der Waals surface area contributed by atoms with Crippen LogP contribution in [0.3, 0.4) is 0 Å². The number of benzene rings is 1. The number of aliphatic hydroxyl groups is 1. The van der Waals surface area contributed by atoms with Gasteiger partial charge in [-0.3, -0.25) is 9.59 Å². The summed E-state index contributed by atoms with van der Waals surface area (Å²) >= 11 is 1.57. The molecular weight excluding hydrogens is 348 g/mol. The Labute approximate surface area is 157 Å². The number of carbonyl (C=O) groups excluding carboxylic acids is 2. The predicted octanol–water partition coefficient (Wildman–Crippen LogP) is 2.93. The van der Waals surface area contributed by atoms with E-state index in [0.29, 0.717) is 38.0 Å². The van der Waals surface area contributed by atoms with Crippen LogP contribution < -0.4 is 5.32 Å². The van der Waals surface area contributed by atoms with Gasteiger partial charge in [-0.25, -0.2) is 0 Å². The van der Waals surface area contributed by atoms with Gasteiger partial charge in [-0.2, -0.15) is 0 Å². The van der Waals surface area contributed by atoms with Crippen molar-refractivity contribution < 1.29 is 14.7 Å². The summed E-state index contributed by atoms with van der Waals surface area (Å²) < 4.78 is 0. The van der Waals surface area contributed by atoms with Gasteiger partial charge in [-0.15, -0.1) is 11.3 Å².